The molecule has 0 atom stereocenters. The van der Waals surface area contributed by atoms with Gasteiger partial charge in [-0.15, -0.1) is 11.3 Å². The number of imidazole rings is 1. The van der Waals surface area contributed by atoms with Crippen molar-refractivity contribution in [1.82, 2.24) is 35.5 Å². The van der Waals surface area contributed by atoms with Gasteiger partial charge in [-0.25, -0.2) is 4.98 Å². The predicted octanol–water partition coefficient (Wildman–Crippen LogP) is 6.89. The molecule has 39 heavy (non-hydrogen) atoms. The van der Waals surface area contributed by atoms with Crippen LogP contribution in [0.25, 0.3) is 55.2 Å². The number of nitrogens with zero attached hydrogens (tertiary/aromatic N) is 4. The van der Waals surface area contributed by atoms with E-state index in [1.54, 1.807) is 11.3 Å². The number of benzene rings is 2. The zero-order valence-electron chi connectivity index (χ0n) is 21.3. The second-order valence-corrected chi connectivity index (χ2v) is 10.8. The first-order chi connectivity index (χ1) is 19.2. The fourth-order valence-electron chi connectivity index (χ4n) is 4.85. The maximum atomic E-state index is 4.99. The van der Waals surface area contributed by atoms with Crippen LogP contribution in [-0.2, 0) is 13.1 Å². The number of hydrogen-bond donors (Lipinski definition) is 3. The zero-order valence-corrected chi connectivity index (χ0v) is 22.1. The van der Waals surface area contributed by atoms with Gasteiger partial charge in [-0.2, -0.15) is 5.10 Å². The Morgan fingerprint density at radius 2 is 1.74 bits per heavy atom. The van der Waals surface area contributed by atoms with Gasteiger partial charge >= 0.3 is 0 Å². The molecule has 0 saturated heterocycles. The summed E-state index contributed by atoms with van der Waals surface area (Å²) in [5.41, 5.74) is 8.84. The van der Waals surface area contributed by atoms with Crippen molar-refractivity contribution in [3.63, 3.8) is 0 Å². The molecule has 0 amide bonds. The third-order valence-corrected chi connectivity index (χ3v) is 7.82. The van der Waals surface area contributed by atoms with Crippen LogP contribution in [0.3, 0.4) is 0 Å². The van der Waals surface area contributed by atoms with E-state index in [1.165, 1.54) is 15.3 Å². The minimum Gasteiger partial charge on any atom is -0.337 e. The fraction of sp³-hybridized carbons (Fsp3) is 0.0968. The fourth-order valence-corrected chi connectivity index (χ4v) is 5.74. The van der Waals surface area contributed by atoms with Crippen LogP contribution in [0.15, 0.2) is 91.4 Å². The molecule has 0 fully saturated rings. The molecule has 0 spiro atoms. The monoisotopic (exact) mass is 527 g/mol. The van der Waals surface area contributed by atoms with E-state index in [9.17, 15) is 0 Å². The molecule has 7 aromatic rings. The summed E-state index contributed by atoms with van der Waals surface area (Å²) in [7, 11) is 0. The normalized spacial score (nSPS) is 11.5. The van der Waals surface area contributed by atoms with Gasteiger partial charge in [0.2, 0.25) is 0 Å². The number of rotatable bonds is 7. The lowest BCUT2D eigenvalue weighted by Gasteiger charge is -2.07. The van der Waals surface area contributed by atoms with Crippen LogP contribution in [0, 0.1) is 6.92 Å². The lowest BCUT2D eigenvalue weighted by molar-refractivity contribution is 0.691. The molecule has 0 saturated carbocycles. The number of hydrogen-bond acceptors (Lipinski definition) is 6. The quantitative estimate of drug-likeness (QED) is 0.210. The Labute approximate surface area is 229 Å². The summed E-state index contributed by atoms with van der Waals surface area (Å²) in [6, 6.07) is 25.1. The molecule has 3 N–H and O–H groups in total. The molecule has 5 aromatic heterocycles. The SMILES string of the molecule is Cc1ccc(-c2cccc3[nH]c(-c4n[nH]c5cnc(-c6cncc(CNCc7ccccc7)c6)cc45)nc23)s1. The van der Waals surface area contributed by atoms with Crippen molar-refractivity contribution < 1.29 is 0 Å². The predicted molar refractivity (Wildman–Crippen MR) is 157 cm³/mol. The van der Waals surface area contributed by atoms with Crippen LogP contribution in [0.1, 0.15) is 16.0 Å². The van der Waals surface area contributed by atoms with Crippen LogP contribution < -0.4 is 5.32 Å². The van der Waals surface area contributed by atoms with E-state index >= 15 is 0 Å². The Morgan fingerprint density at radius 1 is 0.846 bits per heavy atom. The Morgan fingerprint density at radius 3 is 2.62 bits per heavy atom. The van der Waals surface area contributed by atoms with Crippen molar-refractivity contribution in [2.45, 2.75) is 20.0 Å². The summed E-state index contributed by atoms with van der Waals surface area (Å²) in [6.45, 7) is 3.65. The molecule has 0 unspecified atom stereocenters. The van der Waals surface area contributed by atoms with Crippen molar-refractivity contribution >= 4 is 33.3 Å². The van der Waals surface area contributed by atoms with Crippen molar-refractivity contribution in [1.29, 1.82) is 0 Å². The minimum absolute atomic E-state index is 0.722. The number of aromatic amines is 2. The van der Waals surface area contributed by atoms with E-state index in [-0.39, 0.29) is 0 Å². The van der Waals surface area contributed by atoms with Crippen molar-refractivity contribution in [2.24, 2.45) is 0 Å². The van der Waals surface area contributed by atoms with Gasteiger partial charge in [-0.1, -0.05) is 42.5 Å². The standard InChI is InChI=1S/C31H25N7S/c1-19-10-11-28(39-19)23-8-5-9-25-29(23)36-31(35-25)30-24-13-26(34-18-27(24)37-38-30)22-12-21(16-33-17-22)15-32-14-20-6-3-2-4-7-20/h2-13,16-18,32H,14-15H2,1H3,(H,35,36)(H,37,38). The highest BCUT2D eigenvalue weighted by Crippen LogP contribution is 2.35. The molecule has 7 nitrogen and oxygen atoms in total. The summed E-state index contributed by atoms with van der Waals surface area (Å²) in [5, 5.41) is 12.2. The topological polar surface area (TPSA) is 95.2 Å². The van der Waals surface area contributed by atoms with Gasteiger partial charge in [0, 0.05) is 51.8 Å². The first-order valence-electron chi connectivity index (χ1n) is 12.8. The first-order valence-corrected chi connectivity index (χ1v) is 13.6. The summed E-state index contributed by atoms with van der Waals surface area (Å²) in [6.07, 6.45) is 5.57. The highest BCUT2D eigenvalue weighted by atomic mass is 32.1. The number of nitrogens with one attached hydrogen (secondary N) is 3. The van der Waals surface area contributed by atoms with E-state index < -0.39 is 0 Å². The number of pyridine rings is 2. The Bertz CT molecular complexity index is 1920. The zero-order chi connectivity index (χ0) is 26.2. The van der Waals surface area contributed by atoms with Gasteiger partial charge in [-0.05, 0) is 48.4 Å². The van der Waals surface area contributed by atoms with Gasteiger partial charge in [0.15, 0.2) is 5.82 Å². The maximum absolute atomic E-state index is 4.99. The largest absolute Gasteiger partial charge is 0.337 e. The molecule has 0 aliphatic heterocycles. The van der Waals surface area contributed by atoms with Gasteiger partial charge in [-0.3, -0.25) is 15.1 Å². The van der Waals surface area contributed by atoms with Gasteiger partial charge in [0.25, 0.3) is 0 Å². The highest BCUT2D eigenvalue weighted by Gasteiger charge is 2.17. The lowest BCUT2D eigenvalue weighted by Crippen LogP contribution is -2.12. The number of aryl methyl sites for hydroxylation is 1. The number of aromatic nitrogens is 6. The Kier molecular flexibility index (Phi) is 5.96. The van der Waals surface area contributed by atoms with Crippen LogP contribution in [0.4, 0.5) is 0 Å². The summed E-state index contributed by atoms with van der Waals surface area (Å²) in [5.74, 6) is 0.728. The Hall–Kier alpha value is -4.66. The molecular weight excluding hydrogens is 502 g/mol. The third kappa shape index (κ3) is 4.60. The number of para-hydroxylation sites is 1. The van der Waals surface area contributed by atoms with E-state index in [4.69, 9.17) is 9.97 Å². The number of fused-ring (bicyclic) bond motifs is 2. The van der Waals surface area contributed by atoms with Crippen LogP contribution in [-0.4, -0.2) is 30.1 Å². The van der Waals surface area contributed by atoms with Crippen LogP contribution in [0.5, 0.6) is 0 Å². The summed E-state index contributed by atoms with van der Waals surface area (Å²) >= 11 is 1.77. The van der Waals surface area contributed by atoms with Gasteiger partial charge in [0.05, 0.1) is 28.4 Å². The molecule has 2 aromatic carbocycles. The third-order valence-electron chi connectivity index (χ3n) is 6.78. The second-order valence-electron chi connectivity index (χ2n) is 9.56. The van der Waals surface area contributed by atoms with Gasteiger partial charge in [0.1, 0.15) is 5.69 Å². The number of H-pyrrole nitrogens is 2. The second kappa shape index (κ2) is 9.90. The molecule has 0 aliphatic rings. The molecule has 0 radical (unpaired) electrons. The van der Waals surface area contributed by atoms with E-state index in [1.807, 2.05) is 24.7 Å². The molecular formula is C31H25N7S. The Balaban J connectivity index is 1.20. The van der Waals surface area contributed by atoms with Crippen LogP contribution >= 0.6 is 11.3 Å². The van der Waals surface area contributed by atoms with E-state index in [2.05, 4.69) is 99.1 Å². The maximum Gasteiger partial charge on any atom is 0.159 e. The van der Waals surface area contributed by atoms with Crippen LogP contribution in [0.2, 0.25) is 0 Å². The van der Waals surface area contributed by atoms with Gasteiger partial charge < -0.3 is 10.3 Å². The highest BCUT2D eigenvalue weighted by molar-refractivity contribution is 7.15. The minimum atomic E-state index is 0.722. The first kappa shape index (κ1) is 23.5. The smallest absolute Gasteiger partial charge is 0.159 e. The molecule has 0 bridgehead atoms. The van der Waals surface area contributed by atoms with Crippen molar-refractivity contribution in [3.8, 4) is 33.2 Å². The molecule has 0 aliphatic carbocycles. The number of thiophene rings is 1. The van der Waals surface area contributed by atoms with Crippen molar-refractivity contribution in [2.75, 3.05) is 0 Å². The average Bonchev–Trinajstić information content (AvgIpc) is 3.71. The lowest BCUT2D eigenvalue weighted by atomic mass is 10.1. The summed E-state index contributed by atoms with van der Waals surface area (Å²) < 4.78 is 0. The molecule has 5 heterocycles. The summed E-state index contributed by atoms with van der Waals surface area (Å²) in [4.78, 5) is 20.1. The van der Waals surface area contributed by atoms with Crippen molar-refractivity contribution in [3.05, 3.63) is 107 Å². The molecule has 7 rings (SSSR count). The molecule has 8 heteroatoms. The van der Waals surface area contributed by atoms with E-state index in [0.717, 1.165) is 68.9 Å². The average molecular weight is 528 g/mol. The van der Waals surface area contributed by atoms with E-state index in [0.29, 0.717) is 0 Å². The molecule has 190 valence electrons.